The minimum absolute atomic E-state index is 0.109. The monoisotopic (exact) mass is 350 g/mol. The Kier molecular flexibility index (Phi) is 6.14. The summed E-state index contributed by atoms with van der Waals surface area (Å²) in [4.78, 5) is 0. The summed E-state index contributed by atoms with van der Waals surface area (Å²) in [5.41, 5.74) is 1.27. The third-order valence-corrected chi connectivity index (χ3v) is 3.66. The standard InChI is InChI=1S/C12H6Cl3O4P/c1-3-17-20(16,18-4-2)19-12(8-13)10-6-5-9(14)7-11(10)15/h1-2,5-8H. The second-order valence-electron chi connectivity index (χ2n) is 3.05. The Morgan fingerprint density at radius 3 is 2.30 bits per heavy atom. The highest BCUT2D eigenvalue weighted by molar-refractivity contribution is 7.49. The number of rotatable bonds is 5. The number of phosphoric acid groups is 1. The van der Waals surface area contributed by atoms with Crippen LogP contribution in [0.5, 0.6) is 0 Å². The van der Waals surface area contributed by atoms with Crippen LogP contribution >= 0.6 is 42.6 Å². The molecule has 0 radical (unpaired) electrons. The van der Waals surface area contributed by atoms with Crippen molar-refractivity contribution in [1.29, 1.82) is 0 Å². The third kappa shape index (κ3) is 4.30. The molecule has 0 spiro atoms. The zero-order chi connectivity index (χ0) is 15.2. The Bertz CT molecular complexity index is 638. The molecule has 8 heteroatoms. The first-order chi connectivity index (χ1) is 9.45. The molecule has 1 aromatic rings. The van der Waals surface area contributed by atoms with E-state index in [-0.39, 0.29) is 10.8 Å². The maximum atomic E-state index is 12.0. The van der Waals surface area contributed by atoms with Gasteiger partial charge < -0.3 is 13.6 Å². The van der Waals surface area contributed by atoms with Gasteiger partial charge in [-0.2, -0.15) is 4.57 Å². The molecule has 0 saturated carbocycles. The fourth-order valence-corrected chi connectivity index (χ4v) is 2.61. The molecule has 0 aliphatic carbocycles. The SMILES string of the molecule is C#COP(=O)(OC#C)OC(=CCl)c1ccc(Cl)cc1Cl. The fourth-order valence-electron chi connectivity index (χ4n) is 1.12. The first-order valence-corrected chi connectivity index (χ1v) is 7.45. The second-order valence-corrected chi connectivity index (χ2v) is 5.56. The zero-order valence-corrected chi connectivity index (χ0v) is 12.8. The quantitative estimate of drug-likeness (QED) is 0.431. The molecule has 0 aromatic heterocycles. The topological polar surface area (TPSA) is 44.8 Å². The molecule has 4 nitrogen and oxygen atoms in total. The van der Waals surface area contributed by atoms with Crippen LogP contribution in [0.3, 0.4) is 0 Å². The first-order valence-electron chi connectivity index (χ1n) is 4.79. The summed E-state index contributed by atoms with van der Waals surface area (Å²) < 4.78 is 25.8. The fraction of sp³-hybridized carbons (Fsp3) is 0. The van der Waals surface area contributed by atoms with E-state index in [1.165, 1.54) is 18.2 Å². The van der Waals surface area contributed by atoms with Crippen molar-refractivity contribution in [3.05, 3.63) is 39.3 Å². The highest BCUT2D eigenvalue weighted by Gasteiger charge is 2.33. The van der Waals surface area contributed by atoms with Crippen molar-refractivity contribution >= 4 is 48.4 Å². The Hall–Kier alpha value is -1.42. The van der Waals surface area contributed by atoms with Crippen LogP contribution in [-0.4, -0.2) is 0 Å². The summed E-state index contributed by atoms with van der Waals surface area (Å²) in [6, 6.07) is 4.47. The molecule has 0 unspecified atom stereocenters. The van der Waals surface area contributed by atoms with Gasteiger partial charge in [0, 0.05) is 16.1 Å². The lowest BCUT2D eigenvalue weighted by atomic mass is 10.2. The van der Waals surface area contributed by atoms with Crippen molar-refractivity contribution < 1.29 is 18.1 Å². The summed E-state index contributed by atoms with van der Waals surface area (Å²) in [7, 11) is -4.21. The van der Waals surface area contributed by atoms with E-state index in [4.69, 9.17) is 52.2 Å². The van der Waals surface area contributed by atoms with Crippen molar-refractivity contribution in [2.45, 2.75) is 0 Å². The molecule has 0 bridgehead atoms. The molecule has 0 aliphatic rings. The smallest absolute Gasteiger partial charge is 0.383 e. The Labute approximate surface area is 131 Å². The minimum Gasteiger partial charge on any atom is -0.383 e. The van der Waals surface area contributed by atoms with Crippen LogP contribution in [0.15, 0.2) is 23.7 Å². The van der Waals surface area contributed by atoms with Gasteiger partial charge in [-0.1, -0.05) is 47.6 Å². The van der Waals surface area contributed by atoms with E-state index in [0.29, 0.717) is 10.6 Å². The molecule has 1 rings (SSSR count). The first kappa shape index (κ1) is 16.6. The molecule has 0 atom stereocenters. The van der Waals surface area contributed by atoms with Crippen LogP contribution in [0.1, 0.15) is 5.56 Å². The summed E-state index contributed by atoms with van der Waals surface area (Å²) >= 11 is 17.3. The predicted octanol–water partition coefficient (Wildman–Crippen LogP) is 4.87. The van der Waals surface area contributed by atoms with E-state index < -0.39 is 7.82 Å². The summed E-state index contributed by atoms with van der Waals surface area (Å²) in [6.07, 6.45) is 13.1. The summed E-state index contributed by atoms with van der Waals surface area (Å²) in [5, 5.41) is 0.605. The molecule has 20 heavy (non-hydrogen) atoms. The van der Waals surface area contributed by atoms with E-state index >= 15 is 0 Å². The molecule has 1 aromatic carbocycles. The molecule has 0 amide bonds. The lowest BCUT2D eigenvalue weighted by molar-refractivity contribution is 0.259. The van der Waals surface area contributed by atoms with Crippen molar-refractivity contribution in [2.24, 2.45) is 0 Å². The van der Waals surface area contributed by atoms with Gasteiger partial charge in [-0.3, -0.25) is 0 Å². The summed E-state index contributed by atoms with van der Waals surface area (Å²) in [6.45, 7) is 0. The average Bonchev–Trinajstić information content (AvgIpc) is 2.37. The normalized spacial score (nSPS) is 11.2. The number of halogens is 3. The van der Waals surface area contributed by atoms with Gasteiger partial charge in [0.25, 0.3) is 0 Å². The second kappa shape index (κ2) is 7.39. The number of hydrogen-bond acceptors (Lipinski definition) is 4. The van der Waals surface area contributed by atoms with Crippen LogP contribution in [0, 0.1) is 25.1 Å². The van der Waals surface area contributed by atoms with Crippen molar-refractivity contribution in [3.8, 4) is 25.1 Å². The predicted molar refractivity (Wildman–Crippen MR) is 78.8 cm³/mol. The molecule has 0 aliphatic heterocycles. The Morgan fingerprint density at radius 1 is 1.25 bits per heavy atom. The van der Waals surface area contributed by atoms with Crippen molar-refractivity contribution in [1.82, 2.24) is 0 Å². The van der Waals surface area contributed by atoms with Gasteiger partial charge in [0.1, 0.15) is 12.2 Å². The van der Waals surface area contributed by atoms with Crippen LogP contribution in [0.4, 0.5) is 0 Å². The van der Waals surface area contributed by atoms with E-state index in [1.807, 2.05) is 0 Å². The van der Waals surface area contributed by atoms with E-state index in [2.05, 4.69) is 9.05 Å². The van der Waals surface area contributed by atoms with Gasteiger partial charge in [0.15, 0.2) is 5.76 Å². The Morgan fingerprint density at radius 2 is 1.85 bits per heavy atom. The Balaban J connectivity index is 3.13. The van der Waals surface area contributed by atoms with E-state index in [0.717, 1.165) is 5.54 Å². The number of phosphoric ester groups is 1. The lowest BCUT2D eigenvalue weighted by Crippen LogP contribution is -1.95. The molecule has 104 valence electrons. The van der Waals surface area contributed by atoms with Crippen LogP contribution in [-0.2, 0) is 18.1 Å². The van der Waals surface area contributed by atoms with Crippen molar-refractivity contribution in [2.75, 3.05) is 0 Å². The number of hydrogen-bond donors (Lipinski definition) is 0. The summed E-state index contributed by atoms with van der Waals surface area (Å²) in [5.74, 6) is -0.109. The van der Waals surface area contributed by atoms with Crippen LogP contribution < -0.4 is 0 Å². The lowest BCUT2D eigenvalue weighted by Gasteiger charge is -2.15. The zero-order valence-electron chi connectivity index (χ0n) is 9.68. The largest absolute Gasteiger partial charge is 0.664 e. The molecule has 0 saturated heterocycles. The molecule has 0 fully saturated rings. The van der Waals surface area contributed by atoms with Gasteiger partial charge in [0.05, 0.1) is 5.02 Å². The third-order valence-electron chi connectivity index (χ3n) is 1.83. The highest BCUT2D eigenvalue weighted by atomic mass is 35.5. The number of terminal acetylenes is 2. The molecule has 0 heterocycles. The van der Waals surface area contributed by atoms with E-state index in [9.17, 15) is 4.57 Å². The molecule has 0 N–H and O–H groups in total. The van der Waals surface area contributed by atoms with E-state index in [1.54, 1.807) is 12.2 Å². The van der Waals surface area contributed by atoms with Gasteiger partial charge in [-0.05, 0) is 18.2 Å². The minimum atomic E-state index is -4.21. The molecular weight excluding hydrogens is 345 g/mol. The maximum absolute atomic E-state index is 12.0. The van der Waals surface area contributed by atoms with Crippen LogP contribution in [0.2, 0.25) is 10.0 Å². The number of benzene rings is 1. The van der Waals surface area contributed by atoms with Gasteiger partial charge in [-0.25, -0.2) is 0 Å². The van der Waals surface area contributed by atoms with Crippen LogP contribution in [0.25, 0.3) is 5.76 Å². The van der Waals surface area contributed by atoms with Gasteiger partial charge in [-0.15, -0.1) is 0 Å². The highest BCUT2D eigenvalue weighted by Crippen LogP contribution is 2.53. The van der Waals surface area contributed by atoms with Gasteiger partial charge in [0.2, 0.25) is 0 Å². The average molecular weight is 352 g/mol. The molecular formula is C12H6Cl3O4P. The van der Waals surface area contributed by atoms with Gasteiger partial charge >= 0.3 is 7.82 Å². The maximum Gasteiger partial charge on any atom is 0.664 e. The van der Waals surface area contributed by atoms with Crippen molar-refractivity contribution in [3.63, 3.8) is 0 Å².